The smallest absolute Gasteiger partial charge is 0.239 e. The van der Waals surface area contributed by atoms with Crippen LogP contribution in [0.1, 0.15) is 32.5 Å². The van der Waals surface area contributed by atoms with E-state index in [0.717, 1.165) is 0 Å². The molecule has 3 unspecified atom stereocenters. The van der Waals surface area contributed by atoms with Crippen molar-refractivity contribution in [3.63, 3.8) is 0 Å². The molecule has 0 bridgehead atoms. The Morgan fingerprint density at radius 1 is 1.35 bits per heavy atom. The van der Waals surface area contributed by atoms with Gasteiger partial charge in [-0.3, -0.25) is 9.59 Å². The van der Waals surface area contributed by atoms with Gasteiger partial charge >= 0.3 is 0 Å². The fourth-order valence-corrected chi connectivity index (χ4v) is 2.66. The molecule has 5 nitrogen and oxygen atoms in total. The van der Waals surface area contributed by atoms with Gasteiger partial charge in [0.2, 0.25) is 11.8 Å². The van der Waals surface area contributed by atoms with Gasteiger partial charge in [-0.2, -0.15) is 0 Å². The number of rotatable bonds is 2. The molecule has 17 heavy (non-hydrogen) atoms. The molecule has 1 aliphatic heterocycles. The molecular formula is C11H15N3O2S. The molecule has 0 spiro atoms. The summed E-state index contributed by atoms with van der Waals surface area (Å²) in [7, 11) is 0. The van der Waals surface area contributed by atoms with E-state index in [1.807, 2.05) is 6.92 Å². The summed E-state index contributed by atoms with van der Waals surface area (Å²) in [5.41, 5.74) is 6.41. The Balaban J connectivity index is 2.33. The van der Waals surface area contributed by atoms with Crippen molar-refractivity contribution in [1.29, 1.82) is 0 Å². The summed E-state index contributed by atoms with van der Waals surface area (Å²) in [6.45, 7) is 5.35. The molecule has 1 fully saturated rings. The maximum Gasteiger partial charge on any atom is 0.239 e. The van der Waals surface area contributed by atoms with E-state index in [4.69, 9.17) is 5.73 Å². The Labute approximate surface area is 104 Å². The van der Waals surface area contributed by atoms with E-state index in [9.17, 15) is 9.59 Å². The number of hydrogen-bond acceptors (Lipinski definition) is 5. The van der Waals surface area contributed by atoms with Gasteiger partial charge < -0.3 is 5.73 Å². The number of amides is 2. The second kappa shape index (κ2) is 4.19. The quantitative estimate of drug-likeness (QED) is 0.806. The van der Waals surface area contributed by atoms with Crippen LogP contribution in [0.2, 0.25) is 0 Å². The summed E-state index contributed by atoms with van der Waals surface area (Å²) in [4.78, 5) is 29.3. The molecule has 1 aliphatic rings. The molecule has 1 saturated heterocycles. The molecule has 6 heteroatoms. The molecule has 1 aromatic heterocycles. The first-order valence-corrected chi connectivity index (χ1v) is 6.40. The van der Waals surface area contributed by atoms with Crippen LogP contribution in [0.3, 0.4) is 0 Å². The third-order valence-corrected chi connectivity index (χ3v) is 3.98. The van der Waals surface area contributed by atoms with Gasteiger partial charge in [0.05, 0.1) is 5.69 Å². The highest BCUT2D eigenvalue weighted by atomic mass is 32.1. The summed E-state index contributed by atoms with van der Waals surface area (Å²) in [6, 6.07) is -0.192. The lowest BCUT2D eigenvalue weighted by molar-refractivity contribution is -0.122. The fraction of sp³-hybridized carbons (Fsp3) is 0.545. The largest absolute Gasteiger partial charge is 0.323 e. The maximum atomic E-state index is 11.9. The first-order valence-electron chi connectivity index (χ1n) is 5.52. The number of nitrogens with zero attached hydrogens (tertiary/aromatic N) is 2. The van der Waals surface area contributed by atoms with E-state index in [-0.39, 0.29) is 29.7 Å². The van der Waals surface area contributed by atoms with Crippen molar-refractivity contribution in [3.05, 3.63) is 11.1 Å². The van der Waals surface area contributed by atoms with Crippen molar-refractivity contribution in [2.45, 2.75) is 26.8 Å². The number of anilines is 1. The van der Waals surface area contributed by atoms with Crippen LogP contribution in [0.15, 0.2) is 5.38 Å². The van der Waals surface area contributed by atoms with Crippen molar-refractivity contribution >= 4 is 28.3 Å². The van der Waals surface area contributed by atoms with Crippen LogP contribution in [-0.4, -0.2) is 16.8 Å². The molecule has 0 aliphatic carbocycles. The summed E-state index contributed by atoms with van der Waals surface area (Å²) < 4.78 is 0. The molecule has 2 amide bonds. The lowest BCUT2D eigenvalue weighted by atomic mass is 10.00. The highest BCUT2D eigenvalue weighted by Crippen LogP contribution is 2.32. The second-order valence-corrected chi connectivity index (χ2v) is 5.27. The molecule has 2 rings (SSSR count). The normalized spacial score (nSPS) is 26.7. The predicted molar refractivity (Wildman–Crippen MR) is 65.5 cm³/mol. The molecule has 2 N–H and O–H groups in total. The molecule has 0 radical (unpaired) electrons. The summed E-state index contributed by atoms with van der Waals surface area (Å²) in [5.74, 6) is -0.892. The number of aromatic nitrogens is 1. The number of carbonyl (C=O) groups excluding carboxylic acids is 2. The highest BCUT2D eigenvalue weighted by molar-refractivity contribution is 7.14. The maximum absolute atomic E-state index is 11.9. The molecule has 0 saturated carbocycles. The van der Waals surface area contributed by atoms with Crippen LogP contribution < -0.4 is 10.6 Å². The Bertz CT molecular complexity index is 449. The van der Waals surface area contributed by atoms with Crippen molar-refractivity contribution < 1.29 is 9.59 Å². The standard InChI is InChI=1S/C11H15N3O2S/c1-5-6(2)10(16)14(9(5)15)11-13-8(4-17-11)7(3)12/h4-7H,12H2,1-3H3. The zero-order chi connectivity index (χ0) is 12.7. The van der Waals surface area contributed by atoms with Crippen molar-refractivity contribution in [3.8, 4) is 0 Å². The SMILES string of the molecule is CC(N)c1csc(N2C(=O)C(C)C(C)C2=O)n1. The Kier molecular flexibility index (Phi) is 3.01. The van der Waals surface area contributed by atoms with Crippen LogP contribution in [0, 0.1) is 11.8 Å². The van der Waals surface area contributed by atoms with Gasteiger partial charge in [0.1, 0.15) is 0 Å². The van der Waals surface area contributed by atoms with E-state index >= 15 is 0 Å². The van der Waals surface area contributed by atoms with Crippen LogP contribution in [0.25, 0.3) is 0 Å². The minimum atomic E-state index is -0.273. The van der Waals surface area contributed by atoms with Gasteiger partial charge in [-0.05, 0) is 6.92 Å². The van der Waals surface area contributed by atoms with Crippen molar-refractivity contribution in [1.82, 2.24) is 4.98 Å². The monoisotopic (exact) mass is 253 g/mol. The molecule has 1 aromatic rings. The zero-order valence-electron chi connectivity index (χ0n) is 10.0. The average molecular weight is 253 g/mol. The number of thiazole rings is 1. The zero-order valence-corrected chi connectivity index (χ0v) is 10.8. The average Bonchev–Trinajstić information content (AvgIpc) is 2.81. The van der Waals surface area contributed by atoms with E-state index in [0.29, 0.717) is 10.8 Å². The molecule has 3 atom stereocenters. The summed E-state index contributed by atoms with van der Waals surface area (Å²) in [6.07, 6.45) is 0. The predicted octanol–water partition coefficient (Wildman–Crippen LogP) is 1.31. The second-order valence-electron chi connectivity index (χ2n) is 4.43. The van der Waals surface area contributed by atoms with Crippen molar-refractivity contribution in [2.24, 2.45) is 17.6 Å². The van der Waals surface area contributed by atoms with Gasteiger partial charge in [0.25, 0.3) is 0 Å². The molecule has 92 valence electrons. The van der Waals surface area contributed by atoms with E-state index in [2.05, 4.69) is 4.98 Å². The molecule has 0 aromatic carbocycles. The van der Waals surface area contributed by atoms with Gasteiger partial charge in [-0.25, -0.2) is 9.88 Å². The number of carbonyl (C=O) groups is 2. The Morgan fingerprint density at radius 2 is 1.88 bits per heavy atom. The van der Waals surface area contributed by atoms with Crippen molar-refractivity contribution in [2.75, 3.05) is 4.90 Å². The third kappa shape index (κ3) is 1.87. The van der Waals surface area contributed by atoms with Crippen LogP contribution in [0.5, 0.6) is 0 Å². The number of imide groups is 1. The number of nitrogens with two attached hydrogens (primary N) is 1. The van der Waals surface area contributed by atoms with E-state index < -0.39 is 0 Å². The molecule has 2 heterocycles. The molecular weight excluding hydrogens is 238 g/mol. The highest BCUT2D eigenvalue weighted by Gasteiger charge is 2.44. The van der Waals surface area contributed by atoms with Crippen LogP contribution in [-0.2, 0) is 9.59 Å². The van der Waals surface area contributed by atoms with Crippen LogP contribution in [0.4, 0.5) is 5.13 Å². The van der Waals surface area contributed by atoms with Gasteiger partial charge in [-0.1, -0.05) is 13.8 Å². The summed E-state index contributed by atoms with van der Waals surface area (Å²) >= 11 is 1.28. The van der Waals surface area contributed by atoms with Gasteiger partial charge in [0.15, 0.2) is 5.13 Å². The van der Waals surface area contributed by atoms with E-state index in [1.54, 1.807) is 19.2 Å². The van der Waals surface area contributed by atoms with Crippen LogP contribution >= 0.6 is 11.3 Å². The minimum Gasteiger partial charge on any atom is -0.323 e. The Hall–Kier alpha value is -1.27. The Morgan fingerprint density at radius 3 is 2.29 bits per heavy atom. The number of hydrogen-bond donors (Lipinski definition) is 1. The summed E-state index contributed by atoms with van der Waals surface area (Å²) in [5, 5.41) is 2.22. The topological polar surface area (TPSA) is 76.3 Å². The third-order valence-electron chi connectivity index (χ3n) is 3.14. The lowest BCUT2D eigenvalue weighted by Gasteiger charge is -2.09. The first kappa shape index (κ1) is 12.2. The van der Waals surface area contributed by atoms with Gasteiger partial charge in [-0.15, -0.1) is 11.3 Å². The lowest BCUT2D eigenvalue weighted by Crippen LogP contribution is -2.30. The van der Waals surface area contributed by atoms with Gasteiger partial charge in [0, 0.05) is 23.3 Å². The fourth-order valence-electron chi connectivity index (χ4n) is 1.72. The first-order chi connectivity index (χ1) is 7.93. The minimum absolute atomic E-state index is 0.173. The van der Waals surface area contributed by atoms with E-state index in [1.165, 1.54) is 16.2 Å².